The van der Waals surface area contributed by atoms with Gasteiger partial charge in [-0.1, -0.05) is 55.5 Å². The highest BCUT2D eigenvalue weighted by atomic mass is 127. The van der Waals surface area contributed by atoms with Gasteiger partial charge in [-0.25, -0.2) is 0 Å². The average molecular weight is 379 g/mol. The molecule has 1 unspecified atom stereocenters. The number of hydrogen-bond acceptors (Lipinski definition) is 1. The molecule has 0 bridgehead atoms. The SMILES string of the molecule is CCNC(CCc1ccccc1)c1cccc(C)c1I. The molecule has 1 atom stereocenters. The van der Waals surface area contributed by atoms with Gasteiger partial charge in [0.2, 0.25) is 0 Å². The lowest BCUT2D eigenvalue weighted by atomic mass is 9.97. The second kappa shape index (κ2) is 7.79. The quantitative estimate of drug-likeness (QED) is 0.706. The molecule has 106 valence electrons. The summed E-state index contributed by atoms with van der Waals surface area (Å²) in [5.41, 5.74) is 4.21. The second-order valence-electron chi connectivity index (χ2n) is 5.11. The van der Waals surface area contributed by atoms with Gasteiger partial charge in [-0.3, -0.25) is 0 Å². The standard InChI is InChI=1S/C18H22IN/c1-3-20-17(13-12-15-9-5-4-6-10-15)16-11-7-8-14(2)18(16)19/h4-11,17,20H,3,12-13H2,1-2H3. The molecular weight excluding hydrogens is 357 g/mol. The molecule has 0 amide bonds. The number of halogens is 1. The van der Waals surface area contributed by atoms with Gasteiger partial charge >= 0.3 is 0 Å². The van der Waals surface area contributed by atoms with Crippen molar-refractivity contribution in [1.29, 1.82) is 0 Å². The zero-order valence-electron chi connectivity index (χ0n) is 12.2. The first-order chi connectivity index (χ1) is 9.72. The summed E-state index contributed by atoms with van der Waals surface area (Å²) in [6, 6.07) is 17.8. The van der Waals surface area contributed by atoms with Crippen LogP contribution in [0.2, 0.25) is 0 Å². The fraction of sp³-hybridized carbons (Fsp3) is 0.333. The van der Waals surface area contributed by atoms with Crippen molar-refractivity contribution in [3.63, 3.8) is 0 Å². The Labute approximate surface area is 135 Å². The van der Waals surface area contributed by atoms with E-state index in [4.69, 9.17) is 0 Å². The lowest BCUT2D eigenvalue weighted by molar-refractivity contribution is 0.513. The van der Waals surface area contributed by atoms with E-state index in [1.807, 2.05) is 0 Å². The third kappa shape index (κ3) is 4.06. The maximum atomic E-state index is 3.63. The predicted molar refractivity (Wildman–Crippen MR) is 95.1 cm³/mol. The van der Waals surface area contributed by atoms with E-state index >= 15 is 0 Å². The Balaban J connectivity index is 2.12. The number of hydrogen-bond donors (Lipinski definition) is 1. The van der Waals surface area contributed by atoms with Crippen molar-refractivity contribution in [2.45, 2.75) is 32.7 Å². The molecule has 0 heterocycles. The van der Waals surface area contributed by atoms with Crippen LogP contribution in [-0.4, -0.2) is 6.54 Å². The molecule has 1 nitrogen and oxygen atoms in total. The van der Waals surface area contributed by atoms with Crippen LogP contribution in [0.1, 0.15) is 36.1 Å². The molecule has 20 heavy (non-hydrogen) atoms. The van der Waals surface area contributed by atoms with Gasteiger partial charge in [-0.05, 0) is 65.6 Å². The summed E-state index contributed by atoms with van der Waals surface area (Å²) in [4.78, 5) is 0. The Morgan fingerprint density at radius 3 is 2.50 bits per heavy atom. The minimum absolute atomic E-state index is 0.437. The smallest absolute Gasteiger partial charge is 0.0333 e. The molecule has 0 spiro atoms. The monoisotopic (exact) mass is 379 g/mol. The van der Waals surface area contributed by atoms with Gasteiger partial charge in [0.05, 0.1) is 0 Å². The molecule has 2 rings (SSSR count). The topological polar surface area (TPSA) is 12.0 Å². The van der Waals surface area contributed by atoms with Crippen LogP contribution in [0.5, 0.6) is 0 Å². The first-order valence-electron chi connectivity index (χ1n) is 7.24. The average Bonchev–Trinajstić information content (AvgIpc) is 2.48. The lowest BCUT2D eigenvalue weighted by Crippen LogP contribution is -2.22. The van der Waals surface area contributed by atoms with Gasteiger partial charge in [-0.2, -0.15) is 0 Å². The van der Waals surface area contributed by atoms with Gasteiger partial charge < -0.3 is 5.32 Å². The van der Waals surface area contributed by atoms with Crippen LogP contribution in [0, 0.1) is 10.5 Å². The van der Waals surface area contributed by atoms with E-state index < -0.39 is 0 Å². The molecular formula is C18H22IN. The van der Waals surface area contributed by atoms with E-state index in [1.165, 1.54) is 20.3 Å². The van der Waals surface area contributed by atoms with E-state index in [1.54, 1.807) is 0 Å². The minimum atomic E-state index is 0.437. The van der Waals surface area contributed by atoms with Gasteiger partial charge in [0.25, 0.3) is 0 Å². The summed E-state index contributed by atoms with van der Waals surface area (Å²) in [5, 5.41) is 3.63. The number of benzene rings is 2. The van der Waals surface area contributed by atoms with Crippen LogP contribution in [-0.2, 0) is 6.42 Å². The van der Waals surface area contributed by atoms with Crippen LogP contribution in [0.3, 0.4) is 0 Å². The van der Waals surface area contributed by atoms with Crippen molar-refractivity contribution in [2.24, 2.45) is 0 Å². The van der Waals surface area contributed by atoms with E-state index in [9.17, 15) is 0 Å². The molecule has 0 aromatic heterocycles. The van der Waals surface area contributed by atoms with Gasteiger partial charge in [0, 0.05) is 9.61 Å². The molecule has 0 saturated heterocycles. The fourth-order valence-electron chi connectivity index (χ4n) is 2.51. The molecule has 2 aromatic carbocycles. The Bertz CT molecular complexity index is 536. The third-order valence-corrected chi connectivity index (χ3v) is 5.09. The molecule has 0 aliphatic rings. The van der Waals surface area contributed by atoms with Gasteiger partial charge in [-0.15, -0.1) is 0 Å². The first kappa shape index (κ1) is 15.5. The van der Waals surface area contributed by atoms with Crippen LogP contribution in [0.15, 0.2) is 48.5 Å². The highest BCUT2D eigenvalue weighted by molar-refractivity contribution is 14.1. The second-order valence-corrected chi connectivity index (χ2v) is 6.19. The zero-order valence-corrected chi connectivity index (χ0v) is 14.4. The molecule has 0 saturated carbocycles. The number of nitrogens with one attached hydrogen (secondary N) is 1. The van der Waals surface area contributed by atoms with Gasteiger partial charge in [0.1, 0.15) is 0 Å². The number of rotatable bonds is 6. The van der Waals surface area contributed by atoms with E-state index in [0.29, 0.717) is 6.04 Å². The van der Waals surface area contributed by atoms with E-state index in [0.717, 1.165) is 19.4 Å². The maximum Gasteiger partial charge on any atom is 0.0333 e. The first-order valence-corrected chi connectivity index (χ1v) is 8.32. The van der Waals surface area contributed by atoms with Crippen molar-refractivity contribution in [3.05, 3.63) is 68.8 Å². The fourth-order valence-corrected chi connectivity index (χ4v) is 3.24. The Morgan fingerprint density at radius 2 is 1.80 bits per heavy atom. The maximum absolute atomic E-state index is 3.63. The molecule has 1 N–H and O–H groups in total. The summed E-state index contributed by atoms with van der Waals surface area (Å²) in [6.07, 6.45) is 2.25. The van der Waals surface area contributed by atoms with Crippen LogP contribution in [0.25, 0.3) is 0 Å². The zero-order chi connectivity index (χ0) is 14.4. The Hall–Kier alpha value is -0.870. The van der Waals surface area contributed by atoms with E-state index in [2.05, 4.69) is 90.3 Å². The van der Waals surface area contributed by atoms with Crippen molar-refractivity contribution >= 4 is 22.6 Å². The normalized spacial score (nSPS) is 12.3. The van der Waals surface area contributed by atoms with Crippen molar-refractivity contribution < 1.29 is 0 Å². The van der Waals surface area contributed by atoms with Crippen molar-refractivity contribution in [2.75, 3.05) is 6.54 Å². The lowest BCUT2D eigenvalue weighted by Gasteiger charge is -2.20. The van der Waals surface area contributed by atoms with Crippen LogP contribution >= 0.6 is 22.6 Å². The molecule has 0 aliphatic heterocycles. The van der Waals surface area contributed by atoms with Crippen LogP contribution in [0.4, 0.5) is 0 Å². The largest absolute Gasteiger partial charge is 0.310 e. The summed E-state index contributed by atoms with van der Waals surface area (Å²) in [6.45, 7) is 5.37. The number of aryl methyl sites for hydroxylation is 2. The minimum Gasteiger partial charge on any atom is -0.310 e. The van der Waals surface area contributed by atoms with Crippen LogP contribution < -0.4 is 5.32 Å². The Morgan fingerprint density at radius 1 is 1.05 bits per heavy atom. The van der Waals surface area contributed by atoms with E-state index in [-0.39, 0.29) is 0 Å². The molecule has 2 aromatic rings. The summed E-state index contributed by atoms with van der Waals surface area (Å²) < 4.78 is 1.39. The van der Waals surface area contributed by atoms with Gasteiger partial charge in [0.15, 0.2) is 0 Å². The third-order valence-electron chi connectivity index (χ3n) is 3.61. The molecule has 2 heteroatoms. The molecule has 0 radical (unpaired) electrons. The van der Waals surface area contributed by atoms with Crippen molar-refractivity contribution in [3.8, 4) is 0 Å². The van der Waals surface area contributed by atoms with Crippen molar-refractivity contribution in [1.82, 2.24) is 5.32 Å². The highest BCUT2D eigenvalue weighted by Gasteiger charge is 2.14. The Kier molecular flexibility index (Phi) is 6.05. The highest BCUT2D eigenvalue weighted by Crippen LogP contribution is 2.26. The summed E-state index contributed by atoms with van der Waals surface area (Å²) in [5.74, 6) is 0. The summed E-state index contributed by atoms with van der Waals surface area (Å²) >= 11 is 2.47. The molecule has 0 aliphatic carbocycles. The molecule has 0 fully saturated rings. The summed E-state index contributed by atoms with van der Waals surface area (Å²) in [7, 11) is 0. The predicted octanol–water partition coefficient (Wildman–Crippen LogP) is 4.88.